The fourth-order valence-electron chi connectivity index (χ4n) is 3.99. The first-order valence-electron chi connectivity index (χ1n) is 10.7. The number of hydrogen-bond acceptors (Lipinski definition) is 4. The number of carboxylic acids is 1. The van der Waals surface area contributed by atoms with E-state index in [-0.39, 0.29) is 12.5 Å². The van der Waals surface area contributed by atoms with Crippen molar-refractivity contribution >= 4 is 18.0 Å². The lowest BCUT2D eigenvalue weighted by molar-refractivity contribution is -0.170. The molecule has 182 valence electrons. The van der Waals surface area contributed by atoms with Gasteiger partial charge in [0.1, 0.15) is 18.7 Å². The third-order valence-corrected chi connectivity index (χ3v) is 5.66. The largest absolute Gasteiger partial charge is 0.481 e. The van der Waals surface area contributed by atoms with Crippen molar-refractivity contribution in [2.45, 2.75) is 44.4 Å². The summed E-state index contributed by atoms with van der Waals surface area (Å²) < 4.78 is 44.7. The van der Waals surface area contributed by atoms with Crippen molar-refractivity contribution in [2.24, 2.45) is 5.92 Å². The molecule has 1 aliphatic rings. The first-order valence-corrected chi connectivity index (χ1v) is 10.7. The number of carboxylic acid groups (broad SMARTS) is 1. The maximum Gasteiger partial charge on any atom is 0.409 e. The molecule has 0 radical (unpaired) electrons. The van der Waals surface area contributed by atoms with Gasteiger partial charge in [0.05, 0.1) is 6.42 Å². The molecule has 2 aromatic carbocycles. The van der Waals surface area contributed by atoms with Crippen molar-refractivity contribution < 1.29 is 37.4 Å². The first kappa shape index (κ1) is 25.1. The molecule has 3 rings (SSSR count). The zero-order valence-electron chi connectivity index (χ0n) is 18.6. The van der Waals surface area contributed by atoms with E-state index in [4.69, 9.17) is 9.84 Å². The topological polar surface area (TPSA) is 105 Å². The molecule has 0 bridgehead atoms. The SMILES string of the molecule is CC(C)[C@H](NC(=O)OCC1c2ccccc2-c2ccccc21)C(=O)NC(CC(=O)O)C(F)(F)F. The van der Waals surface area contributed by atoms with Crippen LogP contribution in [0.5, 0.6) is 0 Å². The Hall–Kier alpha value is -3.56. The van der Waals surface area contributed by atoms with Gasteiger partial charge in [-0.15, -0.1) is 0 Å². The van der Waals surface area contributed by atoms with Gasteiger partial charge in [-0.2, -0.15) is 13.2 Å². The predicted octanol–water partition coefficient (Wildman–Crippen LogP) is 4.07. The smallest absolute Gasteiger partial charge is 0.409 e. The highest BCUT2D eigenvalue weighted by molar-refractivity contribution is 5.86. The van der Waals surface area contributed by atoms with E-state index in [1.807, 2.05) is 48.5 Å². The molecular weight excluding hydrogens is 453 g/mol. The van der Waals surface area contributed by atoms with Gasteiger partial charge in [-0.05, 0) is 28.2 Å². The zero-order chi connectivity index (χ0) is 25.0. The van der Waals surface area contributed by atoms with Crippen LogP contribution in [0.15, 0.2) is 48.5 Å². The van der Waals surface area contributed by atoms with Crippen LogP contribution in [0.25, 0.3) is 11.1 Å². The van der Waals surface area contributed by atoms with E-state index < -0.39 is 48.6 Å². The lowest BCUT2D eigenvalue weighted by Gasteiger charge is -2.26. The van der Waals surface area contributed by atoms with Gasteiger partial charge < -0.3 is 20.5 Å². The molecule has 10 heteroatoms. The van der Waals surface area contributed by atoms with Crippen LogP contribution < -0.4 is 10.6 Å². The lowest BCUT2D eigenvalue weighted by atomic mass is 9.98. The molecule has 7 nitrogen and oxygen atoms in total. The average Bonchev–Trinajstić information content (AvgIpc) is 3.08. The number of aliphatic carboxylic acids is 1. The fraction of sp³-hybridized carbons (Fsp3) is 0.375. The van der Waals surface area contributed by atoms with E-state index in [0.717, 1.165) is 22.3 Å². The number of rotatable bonds is 8. The molecule has 0 aliphatic heterocycles. The minimum Gasteiger partial charge on any atom is -0.481 e. The second kappa shape index (κ2) is 10.1. The molecule has 0 fully saturated rings. The standard InChI is InChI=1S/C24H25F3N2O5/c1-13(2)21(22(32)28-19(11-20(30)31)24(25,26)27)29-23(33)34-12-18-16-9-5-3-7-14(16)15-8-4-6-10-17(15)18/h3-10,13,18-19,21H,11-12H2,1-2H3,(H,28,32)(H,29,33)(H,30,31)/t19?,21-/m0/s1. The van der Waals surface area contributed by atoms with Crippen LogP contribution in [-0.2, 0) is 14.3 Å². The average molecular weight is 478 g/mol. The quantitative estimate of drug-likeness (QED) is 0.531. The highest BCUT2D eigenvalue weighted by atomic mass is 19.4. The Kier molecular flexibility index (Phi) is 7.48. The number of hydrogen-bond donors (Lipinski definition) is 3. The number of amides is 2. The van der Waals surface area contributed by atoms with E-state index in [0.29, 0.717) is 0 Å². The van der Waals surface area contributed by atoms with Crippen molar-refractivity contribution in [3.63, 3.8) is 0 Å². The molecule has 0 heterocycles. The summed E-state index contributed by atoms with van der Waals surface area (Å²) in [5.41, 5.74) is 4.03. The third-order valence-electron chi connectivity index (χ3n) is 5.66. The molecule has 3 N–H and O–H groups in total. The Morgan fingerprint density at radius 2 is 1.50 bits per heavy atom. The Morgan fingerprint density at radius 1 is 0.971 bits per heavy atom. The zero-order valence-corrected chi connectivity index (χ0v) is 18.6. The van der Waals surface area contributed by atoms with Crippen molar-refractivity contribution in [1.82, 2.24) is 10.6 Å². The summed E-state index contributed by atoms with van der Waals surface area (Å²) in [4.78, 5) is 35.7. The number of alkyl halides is 3. The van der Waals surface area contributed by atoms with E-state index in [1.54, 1.807) is 5.32 Å². The monoisotopic (exact) mass is 478 g/mol. The molecule has 1 aliphatic carbocycles. The van der Waals surface area contributed by atoms with Crippen LogP contribution in [0, 0.1) is 5.92 Å². The molecule has 0 spiro atoms. The third kappa shape index (κ3) is 5.67. The minimum atomic E-state index is -4.96. The Labute approximate surface area is 194 Å². The molecule has 2 aromatic rings. The van der Waals surface area contributed by atoms with Crippen molar-refractivity contribution in [3.05, 3.63) is 59.7 Å². The molecule has 0 saturated heterocycles. The van der Waals surface area contributed by atoms with Gasteiger partial charge in [0.25, 0.3) is 0 Å². The van der Waals surface area contributed by atoms with Gasteiger partial charge in [0, 0.05) is 5.92 Å². The van der Waals surface area contributed by atoms with E-state index in [2.05, 4.69) is 5.32 Å². The van der Waals surface area contributed by atoms with Gasteiger partial charge in [-0.25, -0.2) is 4.79 Å². The highest BCUT2D eigenvalue weighted by Gasteiger charge is 2.43. The number of halogens is 3. The van der Waals surface area contributed by atoms with Crippen LogP contribution in [-0.4, -0.2) is 47.9 Å². The van der Waals surface area contributed by atoms with Crippen molar-refractivity contribution in [2.75, 3.05) is 6.61 Å². The van der Waals surface area contributed by atoms with Crippen LogP contribution in [0.3, 0.4) is 0 Å². The molecule has 1 unspecified atom stereocenters. The summed E-state index contributed by atoms with van der Waals surface area (Å²) in [6.07, 6.45) is -7.25. The van der Waals surface area contributed by atoms with Crippen LogP contribution in [0.2, 0.25) is 0 Å². The van der Waals surface area contributed by atoms with Crippen LogP contribution in [0.4, 0.5) is 18.0 Å². The summed E-state index contributed by atoms with van der Waals surface area (Å²) >= 11 is 0. The molecule has 0 saturated carbocycles. The number of fused-ring (bicyclic) bond motifs is 3. The minimum absolute atomic E-state index is 0.0313. The van der Waals surface area contributed by atoms with Crippen LogP contribution >= 0.6 is 0 Å². The number of nitrogens with one attached hydrogen (secondary N) is 2. The van der Waals surface area contributed by atoms with Gasteiger partial charge in [-0.3, -0.25) is 9.59 Å². The van der Waals surface area contributed by atoms with Gasteiger partial charge >= 0.3 is 18.2 Å². The van der Waals surface area contributed by atoms with Gasteiger partial charge in [0.15, 0.2) is 0 Å². The number of ether oxygens (including phenoxy) is 1. The van der Waals surface area contributed by atoms with Gasteiger partial charge in [0.2, 0.25) is 5.91 Å². The Balaban J connectivity index is 1.67. The lowest BCUT2D eigenvalue weighted by Crippen LogP contribution is -2.55. The molecular formula is C24H25F3N2O5. The second-order valence-corrected chi connectivity index (χ2v) is 8.39. The molecule has 2 amide bonds. The second-order valence-electron chi connectivity index (χ2n) is 8.39. The van der Waals surface area contributed by atoms with Crippen LogP contribution in [0.1, 0.15) is 37.3 Å². The highest BCUT2D eigenvalue weighted by Crippen LogP contribution is 2.44. The number of alkyl carbamates (subject to hydrolysis) is 1. The molecule has 34 heavy (non-hydrogen) atoms. The predicted molar refractivity (Wildman–Crippen MR) is 117 cm³/mol. The summed E-state index contributed by atoms with van der Waals surface area (Å²) in [5, 5.41) is 12.7. The number of carbonyl (C=O) groups excluding carboxylic acids is 2. The van der Waals surface area contributed by atoms with E-state index in [1.165, 1.54) is 13.8 Å². The number of carbonyl (C=O) groups is 3. The van der Waals surface area contributed by atoms with Crippen molar-refractivity contribution in [3.8, 4) is 11.1 Å². The Morgan fingerprint density at radius 3 is 1.97 bits per heavy atom. The Bertz CT molecular complexity index is 1030. The van der Waals surface area contributed by atoms with Crippen molar-refractivity contribution in [1.29, 1.82) is 0 Å². The molecule has 2 atom stereocenters. The summed E-state index contributed by atoms with van der Waals surface area (Å²) in [7, 11) is 0. The summed E-state index contributed by atoms with van der Waals surface area (Å²) in [6.45, 7) is 3.04. The van der Waals surface area contributed by atoms with E-state index in [9.17, 15) is 27.6 Å². The maximum atomic E-state index is 13.1. The number of benzene rings is 2. The molecule has 0 aromatic heterocycles. The summed E-state index contributed by atoms with van der Waals surface area (Å²) in [6, 6.07) is 11.5. The van der Waals surface area contributed by atoms with Gasteiger partial charge in [-0.1, -0.05) is 62.4 Å². The normalized spacial score (nSPS) is 14.6. The maximum absolute atomic E-state index is 13.1. The van der Waals surface area contributed by atoms with E-state index >= 15 is 0 Å². The fourth-order valence-corrected chi connectivity index (χ4v) is 3.99. The first-order chi connectivity index (χ1) is 16.0. The summed E-state index contributed by atoms with van der Waals surface area (Å²) in [5.74, 6) is -3.67.